The third kappa shape index (κ3) is 3.18. The molecule has 0 spiro atoms. The van der Waals surface area contributed by atoms with Crippen LogP contribution in [0.5, 0.6) is 0 Å². The number of hydrogen-bond donors (Lipinski definition) is 5. The fourth-order valence-corrected chi connectivity index (χ4v) is 2.28. The molecule has 0 unspecified atom stereocenters. The van der Waals surface area contributed by atoms with Gasteiger partial charge in [0.25, 0.3) is 5.69 Å². The van der Waals surface area contributed by atoms with Crippen molar-refractivity contribution >= 4 is 11.4 Å². The number of benzene rings is 1. The van der Waals surface area contributed by atoms with Crippen molar-refractivity contribution in [1.82, 2.24) is 0 Å². The Morgan fingerprint density at radius 1 is 1.41 bits per heavy atom. The molecule has 9 nitrogen and oxygen atoms in total. The standard InChI is InChI=1S/C13H18N2O7/c1-6-2-3-7(15(20)21)4-8(6)14-13-11(19)10(18)12(22-13)9(17)5-16/h2-4,9-14,16-19H,5H2,1H3/t9-,10+,11-,12+,13-/m1/s1. The van der Waals surface area contributed by atoms with E-state index in [4.69, 9.17) is 9.84 Å². The third-order valence-corrected chi connectivity index (χ3v) is 3.60. The number of nitrogens with one attached hydrogen (secondary N) is 1. The number of nitrogens with zero attached hydrogens (tertiary/aromatic N) is 1. The summed E-state index contributed by atoms with van der Waals surface area (Å²) >= 11 is 0. The smallest absolute Gasteiger partial charge is 0.271 e. The van der Waals surface area contributed by atoms with E-state index < -0.39 is 42.2 Å². The second kappa shape index (κ2) is 6.55. The van der Waals surface area contributed by atoms with Crippen LogP contribution in [0, 0.1) is 17.0 Å². The van der Waals surface area contributed by atoms with E-state index in [1.807, 2.05) is 0 Å². The molecule has 1 heterocycles. The lowest BCUT2D eigenvalue weighted by Crippen LogP contribution is -2.40. The zero-order chi connectivity index (χ0) is 16.4. The normalized spacial score (nSPS) is 29.3. The lowest BCUT2D eigenvalue weighted by atomic mass is 10.1. The van der Waals surface area contributed by atoms with Gasteiger partial charge in [-0.25, -0.2) is 0 Å². The van der Waals surface area contributed by atoms with E-state index in [2.05, 4.69) is 5.32 Å². The number of nitro groups is 1. The van der Waals surface area contributed by atoms with Gasteiger partial charge in [0.1, 0.15) is 24.4 Å². The van der Waals surface area contributed by atoms with Crippen LogP contribution in [-0.2, 0) is 4.74 Å². The molecule has 1 aliphatic rings. The number of rotatable bonds is 5. The molecular weight excluding hydrogens is 296 g/mol. The van der Waals surface area contributed by atoms with Crippen LogP contribution in [0.25, 0.3) is 0 Å². The number of aliphatic hydroxyl groups excluding tert-OH is 4. The van der Waals surface area contributed by atoms with E-state index in [1.54, 1.807) is 6.92 Å². The maximum absolute atomic E-state index is 10.8. The van der Waals surface area contributed by atoms with E-state index in [0.717, 1.165) is 0 Å². The lowest BCUT2D eigenvalue weighted by Gasteiger charge is -2.20. The molecule has 1 fully saturated rings. The first-order valence-electron chi connectivity index (χ1n) is 6.67. The summed E-state index contributed by atoms with van der Waals surface area (Å²) in [7, 11) is 0. The Morgan fingerprint density at radius 3 is 2.68 bits per heavy atom. The molecule has 0 aromatic heterocycles. The molecule has 0 radical (unpaired) electrons. The molecule has 1 aromatic carbocycles. The Kier molecular flexibility index (Phi) is 4.94. The number of aliphatic hydroxyl groups is 4. The average Bonchev–Trinajstić information content (AvgIpc) is 2.77. The van der Waals surface area contributed by atoms with Crippen molar-refractivity contribution in [2.45, 2.75) is 37.6 Å². The zero-order valence-corrected chi connectivity index (χ0v) is 11.8. The van der Waals surface area contributed by atoms with E-state index in [9.17, 15) is 25.4 Å². The van der Waals surface area contributed by atoms with Gasteiger partial charge in [0, 0.05) is 17.8 Å². The molecule has 1 aliphatic heterocycles. The molecule has 122 valence electrons. The minimum Gasteiger partial charge on any atom is -0.394 e. The van der Waals surface area contributed by atoms with Gasteiger partial charge in [-0.1, -0.05) is 6.07 Å². The molecule has 22 heavy (non-hydrogen) atoms. The molecule has 0 amide bonds. The Bertz CT molecular complexity index is 553. The molecule has 5 atom stereocenters. The first-order valence-corrected chi connectivity index (χ1v) is 6.67. The molecule has 9 heteroatoms. The van der Waals surface area contributed by atoms with Gasteiger partial charge in [0.15, 0.2) is 6.23 Å². The highest BCUT2D eigenvalue weighted by Crippen LogP contribution is 2.28. The Balaban J connectivity index is 2.17. The van der Waals surface area contributed by atoms with Gasteiger partial charge in [-0.15, -0.1) is 0 Å². The number of aryl methyl sites for hydroxylation is 1. The fourth-order valence-electron chi connectivity index (χ4n) is 2.28. The molecule has 0 bridgehead atoms. The largest absolute Gasteiger partial charge is 0.394 e. The topological polar surface area (TPSA) is 145 Å². The summed E-state index contributed by atoms with van der Waals surface area (Å²) in [5.41, 5.74) is 0.916. The minimum atomic E-state index is -1.39. The van der Waals surface area contributed by atoms with E-state index in [1.165, 1.54) is 18.2 Å². The van der Waals surface area contributed by atoms with Crippen LogP contribution in [0.4, 0.5) is 11.4 Å². The van der Waals surface area contributed by atoms with Crippen LogP contribution in [0.1, 0.15) is 5.56 Å². The summed E-state index contributed by atoms with van der Waals surface area (Å²) in [5.74, 6) is 0. The third-order valence-electron chi connectivity index (χ3n) is 3.60. The van der Waals surface area contributed by atoms with Gasteiger partial charge in [-0.2, -0.15) is 0 Å². The first kappa shape index (κ1) is 16.6. The van der Waals surface area contributed by atoms with Crippen molar-refractivity contribution in [1.29, 1.82) is 0 Å². The van der Waals surface area contributed by atoms with Crippen LogP contribution >= 0.6 is 0 Å². The van der Waals surface area contributed by atoms with Gasteiger partial charge in [-0.3, -0.25) is 10.1 Å². The van der Waals surface area contributed by atoms with Gasteiger partial charge in [0.2, 0.25) is 0 Å². The predicted molar refractivity (Wildman–Crippen MR) is 75.2 cm³/mol. The summed E-state index contributed by atoms with van der Waals surface area (Å²) in [6.45, 7) is 1.08. The Morgan fingerprint density at radius 2 is 2.09 bits per heavy atom. The highest BCUT2D eigenvalue weighted by Gasteiger charge is 2.45. The average molecular weight is 314 g/mol. The van der Waals surface area contributed by atoms with E-state index in [0.29, 0.717) is 11.3 Å². The van der Waals surface area contributed by atoms with Crippen LogP contribution in [0.2, 0.25) is 0 Å². The highest BCUT2D eigenvalue weighted by molar-refractivity contribution is 5.57. The summed E-state index contributed by atoms with van der Waals surface area (Å²) < 4.78 is 5.31. The SMILES string of the molecule is Cc1ccc([N+](=O)[O-])cc1N[C@@H]1O[C@@H]([C@H](O)CO)[C@@H](O)[C@H]1O. The highest BCUT2D eigenvalue weighted by atomic mass is 16.6. The molecule has 1 saturated heterocycles. The van der Waals surface area contributed by atoms with Crippen LogP contribution < -0.4 is 5.32 Å². The van der Waals surface area contributed by atoms with Crippen molar-refractivity contribution < 1.29 is 30.1 Å². The van der Waals surface area contributed by atoms with Gasteiger partial charge in [-0.05, 0) is 12.5 Å². The van der Waals surface area contributed by atoms with Crippen LogP contribution in [-0.4, -0.2) is 62.6 Å². The maximum Gasteiger partial charge on any atom is 0.271 e. The molecule has 2 rings (SSSR count). The molecule has 5 N–H and O–H groups in total. The molecule has 0 saturated carbocycles. The second-order valence-electron chi connectivity index (χ2n) is 5.15. The maximum atomic E-state index is 10.8. The van der Waals surface area contributed by atoms with Gasteiger partial charge < -0.3 is 30.5 Å². The molecule has 0 aliphatic carbocycles. The van der Waals surface area contributed by atoms with Crippen LogP contribution in [0.3, 0.4) is 0 Å². The quantitative estimate of drug-likeness (QED) is 0.348. The summed E-state index contributed by atoms with van der Waals surface area (Å²) in [5, 5.41) is 51.8. The zero-order valence-electron chi connectivity index (χ0n) is 11.8. The minimum absolute atomic E-state index is 0.131. The van der Waals surface area contributed by atoms with E-state index >= 15 is 0 Å². The summed E-state index contributed by atoms with van der Waals surface area (Å²) in [6, 6.07) is 4.17. The molecule has 1 aromatic rings. The number of hydrogen-bond acceptors (Lipinski definition) is 8. The number of non-ortho nitro benzene ring substituents is 1. The van der Waals surface area contributed by atoms with Crippen molar-refractivity contribution in [2.75, 3.05) is 11.9 Å². The van der Waals surface area contributed by atoms with Gasteiger partial charge in [0.05, 0.1) is 11.5 Å². The van der Waals surface area contributed by atoms with Crippen molar-refractivity contribution in [3.8, 4) is 0 Å². The van der Waals surface area contributed by atoms with E-state index in [-0.39, 0.29) is 5.69 Å². The van der Waals surface area contributed by atoms with Crippen molar-refractivity contribution in [3.63, 3.8) is 0 Å². The van der Waals surface area contributed by atoms with Crippen molar-refractivity contribution in [2.24, 2.45) is 0 Å². The second-order valence-corrected chi connectivity index (χ2v) is 5.15. The summed E-state index contributed by atoms with van der Waals surface area (Å²) in [4.78, 5) is 10.2. The Hall–Kier alpha value is -1.78. The monoisotopic (exact) mass is 314 g/mol. The van der Waals surface area contributed by atoms with Crippen molar-refractivity contribution in [3.05, 3.63) is 33.9 Å². The predicted octanol–water partition coefficient (Wildman–Crippen LogP) is -0.885. The van der Waals surface area contributed by atoms with Gasteiger partial charge >= 0.3 is 0 Å². The number of nitro benzene ring substituents is 1. The number of anilines is 1. The van der Waals surface area contributed by atoms with Crippen LogP contribution in [0.15, 0.2) is 18.2 Å². The number of ether oxygens (including phenoxy) is 1. The Labute approximate surface area is 125 Å². The lowest BCUT2D eigenvalue weighted by molar-refractivity contribution is -0.384. The first-order chi connectivity index (χ1) is 10.3. The molecular formula is C13H18N2O7. The fraction of sp³-hybridized carbons (Fsp3) is 0.538. The summed E-state index contributed by atoms with van der Waals surface area (Å²) in [6.07, 6.45) is -6.32.